The van der Waals surface area contributed by atoms with Crippen LogP contribution in [0, 0.1) is 12.3 Å². The van der Waals surface area contributed by atoms with Gasteiger partial charge >= 0.3 is 0 Å². The first-order valence-electron chi connectivity index (χ1n) is 9.92. The van der Waals surface area contributed by atoms with E-state index in [0.717, 1.165) is 44.0 Å². The number of piperazine rings is 1. The molecule has 7 heteroatoms. The predicted octanol–water partition coefficient (Wildman–Crippen LogP) is 1.74. The van der Waals surface area contributed by atoms with Gasteiger partial charge < -0.3 is 10.6 Å². The van der Waals surface area contributed by atoms with Crippen molar-refractivity contribution in [2.45, 2.75) is 13.5 Å². The monoisotopic (exact) mass is 390 g/mol. The number of rotatable bonds is 5. The fraction of sp³-hybridized carbons (Fsp3) is 0.318. The average Bonchev–Trinajstić information content (AvgIpc) is 3.22. The van der Waals surface area contributed by atoms with Crippen LogP contribution in [0.2, 0.25) is 0 Å². The number of aryl methyl sites for hydroxylation is 1. The number of aromatic amines is 1. The van der Waals surface area contributed by atoms with Crippen molar-refractivity contribution in [3.8, 4) is 5.69 Å². The van der Waals surface area contributed by atoms with Gasteiger partial charge in [0.25, 0.3) is 5.69 Å². The number of hydrogen-bond donors (Lipinski definition) is 3. The zero-order chi connectivity index (χ0) is 20.4. The lowest BCUT2D eigenvalue weighted by Gasteiger charge is -2.32. The van der Waals surface area contributed by atoms with Crippen LogP contribution in [0.25, 0.3) is 5.69 Å². The highest BCUT2D eigenvalue weighted by Crippen LogP contribution is 2.17. The van der Waals surface area contributed by atoms with Crippen LogP contribution in [-0.2, 0) is 6.54 Å². The van der Waals surface area contributed by atoms with Gasteiger partial charge in [-0.25, -0.2) is 0 Å². The Morgan fingerprint density at radius 1 is 1.14 bits per heavy atom. The standard InChI is InChI=1S/C22H27N7/c1-16-3-8-20(23)19(13-16)22(24)21-15-29(26-25-21)18-6-4-17(5-7-18)14-28-11-9-27(2)10-12-28/h3-8,13,15H,9-12,14H2,1-2H3,(H3,23,24)/p+1. The molecule has 0 bridgehead atoms. The molecule has 0 unspecified atom stereocenters. The van der Waals surface area contributed by atoms with E-state index in [-0.39, 0.29) is 0 Å². The summed E-state index contributed by atoms with van der Waals surface area (Å²) in [5.41, 5.74) is 11.6. The topological polar surface area (TPSA) is 88.9 Å². The third kappa shape index (κ3) is 4.36. The largest absolute Gasteiger partial charge is 0.398 e. The number of hydrogen-bond acceptors (Lipinski definition) is 5. The lowest BCUT2D eigenvalue weighted by Crippen LogP contribution is -2.43. The van der Waals surface area contributed by atoms with Crippen molar-refractivity contribution >= 4 is 11.4 Å². The van der Waals surface area contributed by atoms with E-state index in [9.17, 15) is 0 Å². The second kappa shape index (κ2) is 8.14. The Bertz CT molecular complexity index is 998. The molecule has 0 aliphatic carbocycles. The summed E-state index contributed by atoms with van der Waals surface area (Å²) in [5.74, 6) is 0. The smallest absolute Gasteiger partial charge is 0.267 e. The highest BCUT2D eigenvalue weighted by Gasteiger charge is 2.20. The molecule has 2 aromatic carbocycles. The van der Waals surface area contributed by atoms with E-state index in [1.807, 2.05) is 36.0 Å². The number of benzene rings is 2. The number of nitrogens with zero attached hydrogens (tertiary/aromatic N) is 4. The molecule has 1 aliphatic rings. The first kappa shape index (κ1) is 19.3. The van der Waals surface area contributed by atoms with E-state index in [1.165, 1.54) is 5.56 Å². The minimum Gasteiger partial charge on any atom is -0.398 e. The van der Waals surface area contributed by atoms with Gasteiger partial charge in [-0.2, -0.15) is 0 Å². The summed E-state index contributed by atoms with van der Waals surface area (Å²) in [5, 5.41) is 15.8. The molecule has 29 heavy (non-hydrogen) atoms. The van der Waals surface area contributed by atoms with Gasteiger partial charge in [0.15, 0.2) is 11.9 Å². The molecule has 4 rings (SSSR count). The summed E-state index contributed by atoms with van der Waals surface area (Å²) >= 11 is 0. The lowest BCUT2D eigenvalue weighted by molar-refractivity contribution is -0.659. The molecule has 0 saturated carbocycles. The molecule has 0 amide bonds. The van der Waals surface area contributed by atoms with Crippen LogP contribution in [0.4, 0.5) is 5.69 Å². The van der Waals surface area contributed by atoms with Gasteiger partial charge in [0.1, 0.15) is 5.71 Å². The maximum Gasteiger partial charge on any atom is 0.267 e. The first-order chi connectivity index (χ1) is 14.0. The van der Waals surface area contributed by atoms with Gasteiger partial charge in [-0.05, 0) is 43.8 Å². The number of aromatic nitrogens is 3. The summed E-state index contributed by atoms with van der Waals surface area (Å²) in [4.78, 5) is 4.86. The summed E-state index contributed by atoms with van der Waals surface area (Å²) in [6.07, 6.45) is 1.83. The van der Waals surface area contributed by atoms with Crippen LogP contribution in [0.15, 0.2) is 48.7 Å². The van der Waals surface area contributed by atoms with Crippen molar-refractivity contribution in [1.82, 2.24) is 20.1 Å². The second-order valence-corrected chi connectivity index (χ2v) is 7.81. The summed E-state index contributed by atoms with van der Waals surface area (Å²) in [6, 6.07) is 14.2. The normalized spacial score (nSPS) is 15.5. The molecule has 3 aromatic rings. The van der Waals surface area contributed by atoms with Crippen LogP contribution in [0.1, 0.15) is 22.4 Å². The van der Waals surface area contributed by atoms with Crippen molar-refractivity contribution in [1.29, 1.82) is 5.41 Å². The maximum absolute atomic E-state index is 8.49. The van der Waals surface area contributed by atoms with Crippen molar-refractivity contribution < 1.29 is 4.68 Å². The van der Waals surface area contributed by atoms with Gasteiger partial charge in [0.05, 0.1) is 0 Å². The van der Waals surface area contributed by atoms with E-state index in [0.29, 0.717) is 22.7 Å². The van der Waals surface area contributed by atoms with Gasteiger partial charge in [-0.1, -0.05) is 29.0 Å². The van der Waals surface area contributed by atoms with Crippen LogP contribution in [-0.4, -0.2) is 59.1 Å². The first-order valence-corrected chi connectivity index (χ1v) is 9.92. The van der Waals surface area contributed by atoms with Gasteiger partial charge in [-0.15, -0.1) is 4.68 Å². The van der Waals surface area contributed by atoms with Crippen molar-refractivity contribution in [2.24, 2.45) is 0 Å². The van der Waals surface area contributed by atoms with E-state index in [4.69, 9.17) is 11.1 Å². The number of likely N-dealkylation sites (N-methyl/N-ethyl adjacent to an activating group) is 1. The fourth-order valence-corrected chi connectivity index (χ4v) is 3.59. The third-order valence-electron chi connectivity index (χ3n) is 5.48. The Kier molecular flexibility index (Phi) is 5.42. The third-order valence-corrected chi connectivity index (χ3v) is 5.48. The Hall–Kier alpha value is -3.03. The van der Waals surface area contributed by atoms with Crippen LogP contribution < -0.4 is 10.4 Å². The quantitative estimate of drug-likeness (QED) is 0.352. The van der Waals surface area contributed by atoms with E-state index >= 15 is 0 Å². The molecule has 7 nitrogen and oxygen atoms in total. The molecule has 1 aliphatic heterocycles. The lowest BCUT2D eigenvalue weighted by atomic mass is 10.0. The van der Waals surface area contributed by atoms with Crippen LogP contribution >= 0.6 is 0 Å². The number of H-pyrrole nitrogens is 1. The summed E-state index contributed by atoms with van der Waals surface area (Å²) in [6.45, 7) is 7.45. The average molecular weight is 391 g/mol. The summed E-state index contributed by atoms with van der Waals surface area (Å²) in [7, 11) is 2.18. The summed E-state index contributed by atoms with van der Waals surface area (Å²) < 4.78 is 1.83. The van der Waals surface area contributed by atoms with Crippen molar-refractivity contribution in [3.63, 3.8) is 0 Å². The Balaban J connectivity index is 1.46. The fourth-order valence-electron chi connectivity index (χ4n) is 3.59. The van der Waals surface area contributed by atoms with Crippen molar-refractivity contribution in [3.05, 3.63) is 71.0 Å². The zero-order valence-corrected chi connectivity index (χ0v) is 17.0. The van der Waals surface area contributed by atoms with Gasteiger partial charge in [-0.3, -0.25) is 10.3 Å². The molecular weight excluding hydrogens is 362 g/mol. The number of anilines is 1. The van der Waals surface area contributed by atoms with Crippen LogP contribution in [0.3, 0.4) is 0 Å². The van der Waals surface area contributed by atoms with Gasteiger partial charge in [0.2, 0.25) is 0 Å². The minimum atomic E-state index is 0.313. The predicted molar refractivity (Wildman–Crippen MR) is 114 cm³/mol. The Morgan fingerprint density at radius 2 is 1.86 bits per heavy atom. The van der Waals surface area contributed by atoms with Crippen molar-refractivity contribution in [2.75, 3.05) is 39.0 Å². The van der Waals surface area contributed by atoms with E-state index < -0.39 is 0 Å². The molecule has 0 radical (unpaired) electrons. The molecule has 1 saturated heterocycles. The number of nitrogens with one attached hydrogen (secondary N) is 2. The molecule has 150 valence electrons. The van der Waals surface area contributed by atoms with E-state index in [2.05, 4.69) is 51.4 Å². The number of nitrogens with two attached hydrogens (primary N) is 1. The number of nitrogen functional groups attached to an aromatic ring is 1. The minimum absolute atomic E-state index is 0.313. The van der Waals surface area contributed by atoms with Gasteiger partial charge in [0, 0.05) is 49.1 Å². The molecule has 1 aromatic heterocycles. The highest BCUT2D eigenvalue weighted by molar-refractivity contribution is 6.12. The molecule has 0 atom stereocenters. The second-order valence-electron chi connectivity index (χ2n) is 7.81. The van der Waals surface area contributed by atoms with Crippen LogP contribution in [0.5, 0.6) is 0 Å². The highest BCUT2D eigenvalue weighted by atomic mass is 15.4. The molecular formula is C22H28N7+. The Morgan fingerprint density at radius 3 is 2.59 bits per heavy atom. The Labute approximate surface area is 171 Å². The maximum atomic E-state index is 8.49. The molecule has 0 spiro atoms. The molecule has 4 N–H and O–H groups in total. The molecule has 2 heterocycles. The SMILES string of the molecule is Cc1ccc(N)c(C(=N)c2c[n+](-c3ccc(CN4CCN(C)CC4)cc3)[nH]n2)c1. The molecule has 1 fully saturated rings. The van der Waals surface area contributed by atoms with E-state index in [1.54, 1.807) is 0 Å². The zero-order valence-electron chi connectivity index (χ0n) is 17.0.